The summed E-state index contributed by atoms with van der Waals surface area (Å²) in [5, 5.41) is 19.7. The molecule has 2 aromatic carbocycles. The van der Waals surface area contributed by atoms with Crippen LogP contribution in [0.1, 0.15) is 5.56 Å². The van der Waals surface area contributed by atoms with E-state index in [9.17, 15) is 15.2 Å². The van der Waals surface area contributed by atoms with Crippen molar-refractivity contribution >= 4 is 22.9 Å². The summed E-state index contributed by atoms with van der Waals surface area (Å²) in [5.41, 5.74) is 1.47. The molecule has 1 amide bonds. The Hall–Kier alpha value is -3.96. The normalized spacial score (nSPS) is 16.7. The molecule has 3 aromatic rings. The smallest absolute Gasteiger partial charge is 0.264 e. The third kappa shape index (κ3) is 4.79. The highest BCUT2D eigenvalue weighted by Gasteiger charge is 2.27. The fourth-order valence-corrected chi connectivity index (χ4v) is 3.32. The molecule has 31 heavy (non-hydrogen) atoms. The van der Waals surface area contributed by atoms with E-state index in [1.807, 2.05) is 30.3 Å². The molecule has 0 saturated carbocycles. The zero-order chi connectivity index (χ0) is 21.6. The van der Waals surface area contributed by atoms with E-state index in [2.05, 4.69) is 9.97 Å². The molecule has 1 aromatic heterocycles. The lowest BCUT2D eigenvalue weighted by atomic mass is 10.1. The summed E-state index contributed by atoms with van der Waals surface area (Å²) >= 11 is 0. The number of benzene rings is 2. The van der Waals surface area contributed by atoms with Gasteiger partial charge < -0.3 is 19.5 Å². The number of hydrogen-bond donors (Lipinski definition) is 1. The van der Waals surface area contributed by atoms with E-state index < -0.39 is 0 Å². The number of aromatic nitrogens is 2. The second kappa shape index (κ2) is 9.24. The SMILES string of the molecule is N#CC(=Cc1ccc(O)cc1)C(=O)N1CCOC(COc2ncnc3ccccc23)C1. The second-order valence-electron chi connectivity index (χ2n) is 7.01. The van der Waals surface area contributed by atoms with Crippen LogP contribution in [0.4, 0.5) is 0 Å². The molecule has 8 nitrogen and oxygen atoms in total. The van der Waals surface area contributed by atoms with Gasteiger partial charge in [0, 0.05) is 6.54 Å². The molecule has 0 spiro atoms. The highest BCUT2D eigenvalue weighted by molar-refractivity contribution is 6.01. The minimum Gasteiger partial charge on any atom is -0.508 e. The van der Waals surface area contributed by atoms with Crippen molar-refractivity contribution < 1.29 is 19.4 Å². The highest BCUT2D eigenvalue weighted by atomic mass is 16.5. The van der Waals surface area contributed by atoms with Gasteiger partial charge >= 0.3 is 0 Å². The third-order valence-corrected chi connectivity index (χ3v) is 4.89. The van der Waals surface area contributed by atoms with Crippen LogP contribution in [0, 0.1) is 11.3 Å². The Morgan fingerprint density at radius 3 is 2.87 bits per heavy atom. The van der Waals surface area contributed by atoms with E-state index in [0.717, 1.165) is 10.9 Å². The number of hydrogen-bond acceptors (Lipinski definition) is 7. The minimum atomic E-state index is -0.364. The van der Waals surface area contributed by atoms with Gasteiger partial charge in [0.15, 0.2) is 0 Å². The van der Waals surface area contributed by atoms with Crippen molar-refractivity contribution in [2.24, 2.45) is 0 Å². The number of para-hydroxylation sites is 1. The number of amides is 1. The molecular weight excluding hydrogens is 396 g/mol. The van der Waals surface area contributed by atoms with Crippen LogP contribution < -0.4 is 4.74 Å². The third-order valence-electron chi connectivity index (χ3n) is 4.89. The molecule has 0 radical (unpaired) electrons. The Balaban J connectivity index is 1.42. The summed E-state index contributed by atoms with van der Waals surface area (Å²) in [4.78, 5) is 22.9. The largest absolute Gasteiger partial charge is 0.508 e. The van der Waals surface area contributed by atoms with Crippen LogP contribution in [0.2, 0.25) is 0 Å². The quantitative estimate of drug-likeness (QED) is 0.503. The Morgan fingerprint density at radius 1 is 1.26 bits per heavy atom. The van der Waals surface area contributed by atoms with Gasteiger partial charge in [-0.3, -0.25) is 4.79 Å². The maximum absolute atomic E-state index is 12.9. The van der Waals surface area contributed by atoms with Crippen molar-refractivity contribution in [2.75, 3.05) is 26.3 Å². The predicted octanol–water partition coefficient (Wildman–Crippen LogP) is 2.55. The summed E-state index contributed by atoms with van der Waals surface area (Å²) in [6.45, 7) is 1.26. The molecule has 1 atom stereocenters. The summed E-state index contributed by atoms with van der Waals surface area (Å²) in [6.07, 6.45) is 2.61. The number of nitrogens with zero attached hydrogens (tertiary/aromatic N) is 4. The van der Waals surface area contributed by atoms with Crippen molar-refractivity contribution in [3.05, 3.63) is 66.0 Å². The topological polar surface area (TPSA) is 109 Å². The van der Waals surface area contributed by atoms with Gasteiger partial charge in [-0.25, -0.2) is 9.97 Å². The van der Waals surface area contributed by atoms with E-state index in [-0.39, 0.29) is 29.9 Å². The second-order valence-corrected chi connectivity index (χ2v) is 7.01. The number of morpholine rings is 1. The molecule has 156 valence electrons. The minimum absolute atomic E-state index is 0.0223. The number of phenols is 1. The van der Waals surface area contributed by atoms with Crippen molar-refractivity contribution in [2.45, 2.75) is 6.10 Å². The number of phenolic OH excluding ortho intramolecular Hbond substituents is 1. The molecule has 0 bridgehead atoms. The van der Waals surface area contributed by atoms with Gasteiger partial charge in [-0.15, -0.1) is 0 Å². The van der Waals surface area contributed by atoms with Crippen LogP contribution in [0.5, 0.6) is 11.6 Å². The Kier molecular flexibility index (Phi) is 6.05. The van der Waals surface area contributed by atoms with Gasteiger partial charge in [0.1, 0.15) is 36.4 Å². The van der Waals surface area contributed by atoms with Crippen molar-refractivity contribution in [1.29, 1.82) is 5.26 Å². The molecule has 1 fully saturated rings. The molecule has 2 heterocycles. The molecule has 1 unspecified atom stereocenters. The lowest BCUT2D eigenvalue weighted by Crippen LogP contribution is -2.48. The summed E-state index contributed by atoms with van der Waals surface area (Å²) < 4.78 is 11.6. The van der Waals surface area contributed by atoms with Gasteiger partial charge in [-0.1, -0.05) is 24.3 Å². The van der Waals surface area contributed by atoms with E-state index in [4.69, 9.17) is 9.47 Å². The van der Waals surface area contributed by atoms with Crippen molar-refractivity contribution in [3.63, 3.8) is 0 Å². The van der Waals surface area contributed by atoms with E-state index >= 15 is 0 Å². The van der Waals surface area contributed by atoms with Crippen molar-refractivity contribution in [1.82, 2.24) is 14.9 Å². The average molecular weight is 416 g/mol. The van der Waals surface area contributed by atoms with Crippen LogP contribution in [0.3, 0.4) is 0 Å². The van der Waals surface area contributed by atoms with Gasteiger partial charge in [-0.2, -0.15) is 5.26 Å². The van der Waals surface area contributed by atoms with E-state index in [1.165, 1.54) is 24.5 Å². The van der Waals surface area contributed by atoms with Gasteiger partial charge in [-0.05, 0) is 35.9 Å². The van der Waals surface area contributed by atoms with E-state index in [1.54, 1.807) is 17.0 Å². The molecule has 0 aliphatic carbocycles. The van der Waals surface area contributed by atoms with Crippen LogP contribution in [-0.4, -0.2) is 58.3 Å². The first-order valence-corrected chi connectivity index (χ1v) is 9.78. The Bertz CT molecular complexity index is 1150. The highest BCUT2D eigenvalue weighted by Crippen LogP contribution is 2.21. The lowest BCUT2D eigenvalue weighted by molar-refractivity contribution is -0.135. The molecule has 1 N–H and O–H groups in total. The molecule has 4 rings (SSSR count). The summed E-state index contributed by atoms with van der Waals surface area (Å²) in [6, 6.07) is 15.8. The zero-order valence-corrected chi connectivity index (χ0v) is 16.6. The molecule has 1 aliphatic rings. The van der Waals surface area contributed by atoms with Gasteiger partial charge in [0.25, 0.3) is 5.91 Å². The molecule has 1 saturated heterocycles. The fourth-order valence-electron chi connectivity index (χ4n) is 3.32. The summed E-state index contributed by atoms with van der Waals surface area (Å²) in [7, 11) is 0. The fraction of sp³-hybridized carbons (Fsp3) is 0.217. The Labute approximate surface area is 179 Å². The monoisotopic (exact) mass is 416 g/mol. The number of carbonyl (C=O) groups excluding carboxylic acids is 1. The number of carbonyl (C=O) groups is 1. The number of rotatable bonds is 5. The maximum atomic E-state index is 12.9. The number of aromatic hydroxyl groups is 1. The van der Waals surface area contributed by atoms with Gasteiger partial charge in [0.2, 0.25) is 5.88 Å². The van der Waals surface area contributed by atoms with Crippen LogP contribution in [0.25, 0.3) is 17.0 Å². The average Bonchev–Trinajstić information content (AvgIpc) is 2.82. The van der Waals surface area contributed by atoms with E-state index in [0.29, 0.717) is 31.1 Å². The molecule has 1 aliphatic heterocycles. The van der Waals surface area contributed by atoms with Gasteiger partial charge in [0.05, 0.1) is 24.1 Å². The standard InChI is InChI=1S/C23H20N4O4/c24-12-17(11-16-5-7-18(28)8-6-16)23(29)27-9-10-30-19(13-27)14-31-22-20-3-1-2-4-21(20)25-15-26-22/h1-8,11,15,19,28H,9-10,13-14H2. The first-order chi connectivity index (χ1) is 15.1. The predicted molar refractivity (Wildman–Crippen MR) is 113 cm³/mol. The van der Waals surface area contributed by atoms with Crippen molar-refractivity contribution in [3.8, 4) is 17.7 Å². The van der Waals surface area contributed by atoms with Crippen LogP contribution in [-0.2, 0) is 9.53 Å². The number of fused-ring (bicyclic) bond motifs is 1. The first-order valence-electron chi connectivity index (χ1n) is 9.78. The first kappa shape index (κ1) is 20.3. The lowest BCUT2D eigenvalue weighted by Gasteiger charge is -2.32. The van der Waals surface area contributed by atoms with Crippen LogP contribution in [0.15, 0.2) is 60.4 Å². The zero-order valence-electron chi connectivity index (χ0n) is 16.6. The Morgan fingerprint density at radius 2 is 2.06 bits per heavy atom. The molecule has 8 heteroatoms. The maximum Gasteiger partial charge on any atom is 0.264 e. The molecular formula is C23H20N4O4. The van der Waals surface area contributed by atoms with Crippen LogP contribution >= 0.6 is 0 Å². The number of nitriles is 1. The summed E-state index contributed by atoms with van der Waals surface area (Å²) in [5.74, 6) is 0.216. The number of ether oxygens (including phenoxy) is 2.